The molecule has 0 aliphatic heterocycles. The van der Waals surface area contributed by atoms with E-state index in [1.54, 1.807) is 0 Å². The summed E-state index contributed by atoms with van der Waals surface area (Å²) in [5, 5.41) is 80.1. The predicted molar refractivity (Wildman–Crippen MR) is 92.4 cm³/mol. The van der Waals surface area contributed by atoms with Crippen LogP contribution in [-0.4, -0.2) is 110 Å². The molecule has 1 aromatic carbocycles. The van der Waals surface area contributed by atoms with Gasteiger partial charge in [0, 0.05) is 0 Å². The van der Waals surface area contributed by atoms with Gasteiger partial charge in [0.25, 0.3) is 0 Å². The summed E-state index contributed by atoms with van der Waals surface area (Å²) >= 11 is 0. The number of aliphatic hydroxyl groups is 7. The van der Waals surface area contributed by atoms with Gasteiger partial charge in [0.05, 0.1) is 33.0 Å². The first-order valence-corrected chi connectivity index (χ1v) is 7.85. The highest BCUT2D eigenvalue weighted by Crippen LogP contribution is 2.36. The van der Waals surface area contributed by atoms with E-state index in [2.05, 4.69) is 0 Å². The molecule has 0 aromatic heterocycles. The maximum Gasteiger partial charge on any atom is 0.335 e. The lowest BCUT2D eigenvalue weighted by molar-refractivity contribution is -0.145. The van der Waals surface area contributed by atoms with E-state index >= 15 is 0 Å². The molecule has 0 radical (unpaired) electrons. The highest BCUT2D eigenvalue weighted by molar-refractivity contribution is 5.89. The van der Waals surface area contributed by atoms with Gasteiger partial charge in [-0.2, -0.15) is 0 Å². The number of aliphatic hydroxyl groups excluding tert-OH is 7. The molecule has 0 spiro atoms. The Labute approximate surface area is 160 Å². The summed E-state index contributed by atoms with van der Waals surface area (Å²) in [6.07, 6.45) is -8.68. The van der Waals surface area contributed by atoms with Crippen molar-refractivity contribution in [3.63, 3.8) is 0 Å². The summed E-state index contributed by atoms with van der Waals surface area (Å²) in [6, 6.07) is 2.44. The van der Waals surface area contributed by atoms with Crippen molar-refractivity contribution in [3.05, 3.63) is 17.7 Å². The number of hydrogen-bond acceptors (Lipinski definition) is 11. The number of aromatic hydroxyl groups is 1. The number of aromatic carboxylic acids is 1. The second kappa shape index (κ2) is 12.3. The van der Waals surface area contributed by atoms with Gasteiger partial charge in [0.2, 0.25) is 5.75 Å². The summed E-state index contributed by atoms with van der Waals surface area (Å²) in [7, 11) is 2.67. The van der Waals surface area contributed by atoms with Crippen LogP contribution in [0.3, 0.4) is 0 Å². The van der Waals surface area contributed by atoms with Crippen molar-refractivity contribution in [2.75, 3.05) is 27.4 Å². The summed E-state index contributed by atoms with van der Waals surface area (Å²) in [6.45, 7) is -1.58. The molecule has 4 atom stereocenters. The fraction of sp³-hybridized carbons (Fsp3) is 0.562. The van der Waals surface area contributed by atoms with Crippen molar-refractivity contribution in [3.8, 4) is 17.2 Å². The van der Waals surface area contributed by atoms with Crippen LogP contribution in [0.15, 0.2) is 12.1 Å². The van der Waals surface area contributed by atoms with Crippen LogP contribution in [0.4, 0.5) is 0 Å². The van der Waals surface area contributed by atoms with Crippen molar-refractivity contribution in [1.82, 2.24) is 0 Å². The van der Waals surface area contributed by atoms with E-state index in [0.29, 0.717) is 0 Å². The van der Waals surface area contributed by atoms with E-state index in [1.165, 1.54) is 26.4 Å². The monoisotopic (exact) mass is 410 g/mol. The highest BCUT2D eigenvalue weighted by Gasteiger charge is 2.33. The molecule has 1 rings (SSSR count). The van der Waals surface area contributed by atoms with Gasteiger partial charge >= 0.3 is 5.97 Å². The number of carboxylic acids is 1. The van der Waals surface area contributed by atoms with Gasteiger partial charge in [-0.15, -0.1) is 0 Å². The number of carbonyl (C=O) groups is 1. The fourth-order valence-corrected chi connectivity index (χ4v) is 1.89. The number of carboxylic acid groups (broad SMARTS) is 1. The Morgan fingerprint density at radius 1 is 0.857 bits per heavy atom. The number of phenolic OH excluding ortho intramolecular Hbond substituents is 1. The van der Waals surface area contributed by atoms with Crippen molar-refractivity contribution in [2.24, 2.45) is 0 Å². The summed E-state index contributed by atoms with van der Waals surface area (Å²) in [4.78, 5) is 10.7. The fourth-order valence-electron chi connectivity index (χ4n) is 1.89. The molecule has 0 aliphatic carbocycles. The minimum atomic E-state index is -1.85. The lowest BCUT2D eigenvalue weighted by atomic mass is 10.00. The zero-order valence-corrected chi connectivity index (χ0v) is 15.2. The second-order valence-corrected chi connectivity index (χ2v) is 5.51. The molecule has 12 nitrogen and oxygen atoms in total. The van der Waals surface area contributed by atoms with Crippen LogP contribution in [0.1, 0.15) is 10.4 Å². The molecule has 0 fully saturated rings. The average molecular weight is 410 g/mol. The number of ether oxygens (including phenoxy) is 2. The molecule has 0 amide bonds. The topological polar surface area (TPSA) is 218 Å². The zero-order chi connectivity index (χ0) is 22.0. The van der Waals surface area contributed by atoms with Gasteiger partial charge in [0.15, 0.2) is 11.5 Å². The SMILES string of the molecule is COc1cc(C(=O)O)cc(OC)c1O.OCC(O)C(O)C(O)C(O)C(O)CO. The largest absolute Gasteiger partial charge is 0.502 e. The Morgan fingerprint density at radius 2 is 1.21 bits per heavy atom. The van der Waals surface area contributed by atoms with Crippen molar-refractivity contribution < 1.29 is 60.2 Å². The maximum absolute atomic E-state index is 10.7. The van der Waals surface area contributed by atoms with Crippen LogP contribution >= 0.6 is 0 Å². The van der Waals surface area contributed by atoms with Crippen molar-refractivity contribution in [1.29, 1.82) is 0 Å². The third-order valence-electron chi connectivity index (χ3n) is 3.59. The molecular formula is C16H26O12. The molecule has 0 saturated heterocycles. The predicted octanol–water partition coefficient (Wildman–Crippen LogP) is -3.12. The van der Waals surface area contributed by atoms with E-state index in [0.717, 1.165) is 0 Å². The van der Waals surface area contributed by atoms with Crippen LogP contribution in [0, 0.1) is 0 Å². The van der Waals surface area contributed by atoms with Gasteiger partial charge < -0.3 is 55.4 Å². The smallest absolute Gasteiger partial charge is 0.335 e. The van der Waals surface area contributed by atoms with Crippen molar-refractivity contribution in [2.45, 2.75) is 30.5 Å². The third-order valence-corrected chi connectivity index (χ3v) is 3.59. The second-order valence-electron chi connectivity index (χ2n) is 5.51. The number of rotatable bonds is 9. The number of hydrogen-bond donors (Lipinski definition) is 9. The van der Waals surface area contributed by atoms with E-state index in [-0.39, 0.29) is 22.8 Å². The minimum absolute atomic E-state index is 0.00324. The van der Waals surface area contributed by atoms with Gasteiger partial charge in [-0.05, 0) is 12.1 Å². The van der Waals surface area contributed by atoms with Gasteiger partial charge in [-0.3, -0.25) is 0 Å². The molecule has 4 unspecified atom stereocenters. The van der Waals surface area contributed by atoms with E-state index in [9.17, 15) is 9.90 Å². The molecule has 0 saturated carbocycles. The van der Waals surface area contributed by atoms with Gasteiger partial charge in [0.1, 0.15) is 30.5 Å². The average Bonchev–Trinajstić information content (AvgIpc) is 2.71. The van der Waals surface area contributed by atoms with Crippen LogP contribution < -0.4 is 9.47 Å². The first-order chi connectivity index (χ1) is 13.0. The lowest BCUT2D eigenvalue weighted by Gasteiger charge is -2.27. The Balaban J connectivity index is 0.000000521. The number of phenols is 1. The molecule has 0 bridgehead atoms. The third kappa shape index (κ3) is 7.09. The number of benzene rings is 1. The summed E-state index contributed by atoms with van der Waals surface area (Å²) in [5.74, 6) is -1.18. The minimum Gasteiger partial charge on any atom is -0.502 e. The Kier molecular flexibility index (Phi) is 11.3. The van der Waals surface area contributed by atoms with Crippen LogP contribution in [0.2, 0.25) is 0 Å². The lowest BCUT2D eigenvalue weighted by Crippen LogP contribution is -2.50. The molecule has 0 aliphatic rings. The molecule has 1 aromatic rings. The van der Waals surface area contributed by atoms with Crippen molar-refractivity contribution >= 4 is 5.97 Å². The van der Waals surface area contributed by atoms with E-state index in [4.69, 9.17) is 50.3 Å². The first kappa shape index (κ1) is 25.8. The summed E-state index contributed by atoms with van der Waals surface area (Å²) in [5.41, 5.74) is -0.00324. The number of methoxy groups -OCH3 is 2. The molecular weight excluding hydrogens is 384 g/mol. The highest BCUT2D eigenvalue weighted by atomic mass is 16.5. The quantitative estimate of drug-likeness (QED) is 0.197. The van der Waals surface area contributed by atoms with Crippen LogP contribution in [0.5, 0.6) is 17.2 Å². The first-order valence-electron chi connectivity index (χ1n) is 7.85. The Morgan fingerprint density at radius 3 is 1.46 bits per heavy atom. The van der Waals surface area contributed by atoms with Gasteiger partial charge in [-0.1, -0.05) is 0 Å². The summed E-state index contributed by atoms with van der Waals surface area (Å²) < 4.78 is 9.57. The van der Waals surface area contributed by atoms with Crippen LogP contribution in [0.25, 0.3) is 0 Å². The Bertz CT molecular complexity index is 566. The molecule has 162 valence electrons. The van der Waals surface area contributed by atoms with Crippen LogP contribution in [-0.2, 0) is 0 Å². The standard InChI is InChI=1S/C9H10O5.C7H16O7/c1-13-6-3-5(9(11)12)4-7(14-2)8(6)10;8-1-3(10)5(12)7(14)6(13)4(11)2-9/h3-4,10H,1-2H3,(H,11,12);3-14H,1-2H2. The normalized spacial score (nSPS) is 16.0. The zero-order valence-electron chi connectivity index (χ0n) is 15.2. The van der Waals surface area contributed by atoms with E-state index < -0.39 is 49.7 Å². The Hall–Kier alpha value is -2.19. The van der Waals surface area contributed by atoms with Gasteiger partial charge in [-0.25, -0.2) is 4.79 Å². The molecule has 0 heterocycles. The molecule has 28 heavy (non-hydrogen) atoms. The maximum atomic E-state index is 10.7. The molecule has 9 N–H and O–H groups in total. The van der Waals surface area contributed by atoms with E-state index in [1.807, 2.05) is 0 Å². The molecule has 12 heteroatoms.